The highest BCUT2D eigenvalue weighted by Crippen LogP contribution is 2.25. The van der Waals surface area contributed by atoms with Crippen LogP contribution in [0.3, 0.4) is 0 Å². The Labute approximate surface area is 247 Å². The molecule has 2 atom stereocenters. The highest BCUT2D eigenvalue weighted by molar-refractivity contribution is 5.90. The van der Waals surface area contributed by atoms with Gasteiger partial charge in [-0.15, -0.1) is 0 Å². The van der Waals surface area contributed by atoms with Crippen molar-refractivity contribution < 1.29 is 23.9 Å². The molecule has 0 unspecified atom stereocenters. The fourth-order valence-electron chi connectivity index (χ4n) is 5.58. The first-order chi connectivity index (χ1) is 19.5. The normalized spacial score (nSPS) is 18.2. The van der Waals surface area contributed by atoms with E-state index < -0.39 is 23.7 Å². The summed E-state index contributed by atoms with van der Waals surface area (Å²) in [4.78, 5) is 41.7. The maximum absolute atomic E-state index is 13.6. The van der Waals surface area contributed by atoms with Gasteiger partial charge in [-0.25, -0.2) is 9.59 Å². The number of likely N-dealkylation sites (tertiary alicyclic amines) is 1. The smallest absolute Gasteiger partial charge is 0.329 e. The Kier molecular flexibility index (Phi) is 12.8. The molecule has 1 heterocycles. The minimum atomic E-state index is -0.888. The van der Waals surface area contributed by atoms with Gasteiger partial charge < -0.3 is 25.0 Å². The molecule has 3 amide bonds. The van der Waals surface area contributed by atoms with Crippen molar-refractivity contribution in [2.45, 2.75) is 123 Å². The third-order valence-electron chi connectivity index (χ3n) is 7.80. The minimum absolute atomic E-state index is 0.177. The van der Waals surface area contributed by atoms with E-state index in [1.807, 2.05) is 58.9 Å². The van der Waals surface area contributed by atoms with Crippen molar-refractivity contribution >= 4 is 17.9 Å². The summed E-state index contributed by atoms with van der Waals surface area (Å²) in [6.45, 7) is 11.6. The first-order valence-electron chi connectivity index (χ1n) is 15.8. The molecular formula is C33H53N3O5. The van der Waals surface area contributed by atoms with Gasteiger partial charge in [0.05, 0.1) is 6.61 Å². The van der Waals surface area contributed by atoms with Crippen molar-refractivity contribution in [3.63, 3.8) is 0 Å². The molecule has 2 N–H and O–H groups in total. The zero-order valence-corrected chi connectivity index (χ0v) is 26.0. The fourth-order valence-corrected chi connectivity index (χ4v) is 5.58. The number of nitrogens with zero attached hydrogens (tertiary/aromatic N) is 1. The molecule has 2 fully saturated rings. The molecule has 8 nitrogen and oxygen atoms in total. The lowest BCUT2D eigenvalue weighted by Crippen LogP contribution is -2.55. The van der Waals surface area contributed by atoms with Crippen molar-refractivity contribution in [1.29, 1.82) is 0 Å². The Bertz CT molecular complexity index is 958. The molecule has 1 saturated heterocycles. The number of amides is 3. The standard InChI is InChI=1S/C33H53N3O5/c1-24(2)21-28(35-32(39)36-19-11-6-7-12-20-36)30(37)34-29(31(38)41-33(3,4)5)22-25-15-17-27(18-16-25)40-23-26-13-9-8-10-14-26/h15-18,24,26,28-29H,6-14,19-23H2,1-5H3,(H,34,37)(H,35,39)/t28-,29-/m0/s1. The lowest BCUT2D eigenvalue weighted by Gasteiger charge is -2.28. The van der Waals surface area contributed by atoms with Crippen LogP contribution in [-0.2, 0) is 20.7 Å². The monoisotopic (exact) mass is 571 g/mol. The molecular weight excluding hydrogens is 518 g/mol. The molecule has 0 spiro atoms. The molecule has 0 bridgehead atoms. The molecule has 1 aromatic carbocycles. The summed E-state index contributed by atoms with van der Waals surface area (Å²) in [5.74, 6) is 0.742. The SMILES string of the molecule is CC(C)C[C@H](NC(=O)N1CCCCCC1)C(=O)N[C@@H](Cc1ccc(OCC2CCCCC2)cc1)C(=O)OC(C)(C)C. The zero-order chi connectivity index (χ0) is 29.8. The number of ether oxygens (including phenoxy) is 2. The zero-order valence-electron chi connectivity index (χ0n) is 26.0. The van der Waals surface area contributed by atoms with Gasteiger partial charge in [0.25, 0.3) is 0 Å². The van der Waals surface area contributed by atoms with E-state index in [2.05, 4.69) is 10.6 Å². The highest BCUT2D eigenvalue weighted by atomic mass is 16.6. The number of benzene rings is 1. The van der Waals surface area contributed by atoms with Crippen molar-refractivity contribution in [1.82, 2.24) is 15.5 Å². The minimum Gasteiger partial charge on any atom is -0.493 e. The van der Waals surface area contributed by atoms with Gasteiger partial charge in [0.1, 0.15) is 23.4 Å². The van der Waals surface area contributed by atoms with Gasteiger partial charge in [-0.1, -0.05) is 58.1 Å². The average Bonchev–Trinajstić information content (AvgIpc) is 3.21. The number of urea groups is 1. The van der Waals surface area contributed by atoms with E-state index >= 15 is 0 Å². The molecule has 1 aliphatic carbocycles. The van der Waals surface area contributed by atoms with Gasteiger partial charge in [0, 0.05) is 19.5 Å². The van der Waals surface area contributed by atoms with Crippen LogP contribution < -0.4 is 15.4 Å². The Hall–Kier alpha value is -2.77. The largest absolute Gasteiger partial charge is 0.493 e. The van der Waals surface area contributed by atoms with Crippen molar-refractivity contribution in [2.24, 2.45) is 11.8 Å². The van der Waals surface area contributed by atoms with Gasteiger partial charge in [-0.05, 0) is 82.4 Å². The third kappa shape index (κ3) is 11.9. The van der Waals surface area contributed by atoms with Crippen LogP contribution in [0.4, 0.5) is 4.79 Å². The van der Waals surface area contributed by atoms with Crippen molar-refractivity contribution in [2.75, 3.05) is 19.7 Å². The highest BCUT2D eigenvalue weighted by Gasteiger charge is 2.31. The number of carbonyl (C=O) groups excluding carboxylic acids is 3. The number of hydrogen-bond donors (Lipinski definition) is 2. The summed E-state index contributed by atoms with van der Waals surface area (Å²) in [5, 5.41) is 5.88. The summed E-state index contributed by atoms with van der Waals surface area (Å²) in [5.41, 5.74) is 0.190. The van der Waals surface area contributed by atoms with Crippen LogP contribution >= 0.6 is 0 Å². The predicted molar refractivity (Wildman–Crippen MR) is 162 cm³/mol. The second-order valence-electron chi connectivity index (χ2n) is 13.3. The van der Waals surface area contributed by atoms with E-state index in [1.165, 1.54) is 32.1 Å². The summed E-state index contributed by atoms with van der Waals surface area (Å²) >= 11 is 0. The lowest BCUT2D eigenvalue weighted by atomic mass is 9.90. The van der Waals surface area contributed by atoms with Gasteiger partial charge in [0.2, 0.25) is 5.91 Å². The number of rotatable bonds is 11. The van der Waals surface area contributed by atoms with E-state index in [4.69, 9.17) is 9.47 Å². The molecule has 1 aliphatic heterocycles. The van der Waals surface area contributed by atoms with Gasteiger partial charge >= 0.3 is 12.0 Å². The third-order valence-corrected chi connectivity index (χ3v) is 7.80. The Morgan fingerprint density at radius 2 is 1.49 bits per heavy atom. The summed E-state index contributed by atoms with van der Waals surface area (Å²) in [6.07, 6.45) is 11.3. The summed E-state index contributed by atoms with van der Waals surface area (Å²) < 4.78 is 11.7. The Balaban J connectivity index is 1.67. The maximum Gasteiger partial charge on any atom is 0.329 e. The summed E-state index contributed by atoms with van der Waals surface area (Å²) in [6, 6.07) is 5.88. The van der Waals surface area contributed by atoms with Crippen LogP contribution in [0.25, 0.3) is 0 Å². The van der Waals surface area contributed by atoms with Crippen LogP contribution in [0.2, 0.25) is 0 Å². The van der Waals surface area contributed by atoms with Gasteiger partial charge in [0.15, 0.2) is 0 Å². The van der Waals surface area contributed by atoms with Crippen molar-refractivity contribution in [3.05, 3.63) is 29.8 Å². The molecule has 1 aromatic rings. The number of hydrogen-bond acceptors (Lipinski definition) is 5. The predicted octanol–water partition coefficient (Wildman–Crippen LogP) is 6.02. The van der Waals surface area contributed by atoms with Crippen LogP contribution in [0.5, 0.6) is 5.75 Å². The fraction of sp³-hybridized carbons (Fsp3) is 0.727. The number of nitrogens with one attached hydrogen (secondary N) is 2. The molecule has 1 saturated carbocycles. The average molecular weight is 572 g/mol. The molecule has 41 heavy (non-hydrogen) atoms. The molecule has 3 rings (SSSR count). The molecule has 2 aliphatic rings. The maximum atomic E-state index is 13.6. The number of carbonyl (C=O) groups is 3. The Morgan fingerprint density at radius 3 is 2.07 bits per heavy atom. The van der Waals surface area contributed by atoms with Crippen LogP contribution in [0, 0.1) is 11.8 Å². The first-order valence-corrected chi connectivity index (χ1v) is 15.8. The van der Waals surface area contributed by atoms with Crippen molar-refractivity contribution in [3.8, 4) is 5.75 Å². The quantitative estimate of drug-likeness (QED) is 0.317. The van der Waals surface area contributed by atoms with E-state index in [1.54, 1.807) is 4.90 Å². The Morgan fingerprint density at radius 1 is 0.878 bits per heavy atom. The topological polar surface area (TPSA) is 97.0 Å². The lowest BCUT2D eigenvalue weighted by molar-refractivity contribution is -0.158. The van der Waals surface area contributed by atoms with E-state index in [0.717, 1.165) is 43.6 Å². The second-order valence-corrected chi connectivity index (χ2v) is 13.3. The number of esters is 1. The molecule has 230 valence electrons. The molecule has 0 radical (unpaired) electrons. The molecule has 0 aromatic heterocycles. The molecule has 8 heteroatoms. The second kappa shape index (κ2) is 16.0. The van der Waals surface area contributed by atoms with Gasteiger partial charge in [-0.3, -0.25) is 4.79 Å². The van der Waals surface area contributed by atoms with E-state index in [-0.39, 0.29) is 24.3 Å². The van der Waals surface area contributed by atoms with Crippen LogP contribution in [-0.4, -0.2) is 60.2 Å². The first kappa shape index (κ1) is 32.7. The van der Waals surface area contributed by atoms with Gasteiger partial charge in [-0.2, -0.15) is 0 Å². The van der Waals surface area contributed by atoms with E-state index in [9.17, 15) is 14.4 Å². The van der Waals surface area contributed by atoms with E-state index in [0.29, 0.717) is 25.4 Å². The van der Waals surface area contributed by atoms with Crippen LogP contribution in [0.15, 0.2) is 24.3 Å². The summed E-state index contributed by atoms with van der Waals surface area (Å²) in [7, 11) is 0. The van der Waals surface area contributed by atoms with Crippen LogP contribution in [0.1, 0.15) is 104 Å².